The summed E-state index contributed by atoms with van der Waals surface area (Å²) in [4.78, 5) is 0. The molecule has 1 aromatic heterocycles. The van der Waals surface area contributed by atoms with Crippen LogP contribution in [0.15, 0.2) is 30.6 Å². The van der Waals surface area contributed by atoms with Gasteiger partial charge < -0.3 is 5.11 Å². The van der Waals surface area contributed by atoms with Crippen molar-refractivity contribution in [2.24, 2.45) is 0 Å². The van der Waals surface area contributed by atoms with Crippen molar-refractivity contribution in [3.05, 3.63) is 47.3 Å². The van der Waals surface area contributed by atoms with Crippen LogP contribution in [0.3, 0.4) is 0 Å². The molecule has 0 unspecified atom stereocenters. The standard InChI is InChI=1S/C14H18N2O/c1-11-5-6-12(2)14(8-11)16-10-13(9-15-16)4-3-7-17/h5-6,8-10,17H,3-4,7H2,1-2H3. The Bertz CT molecular complexity index is 503. The molecular formula is C14H18N2O. The predicted octanol–water partition coefficient (Wildman–Crippen LogP) is 2.41. The molecule has 1 heterocycles. The summed E-state index contributed by atoms with van der Waals surface area (Å²) in [5.74, 6) is 0. The molecule has 0 fully saturated rings. The number of aliphatic hydroxyl groups excluding tert-OH is 1. The van der Waals surface area contributed by atoms with E-state index < -0.39 is 0 Å². The van der Waals surface area contributed by atoms with Gasteiger partial charge in [0.1, 0.15) is 0 Å². The Kier molecular flexibility index (Phi) is 3.59. The highest BCUT2D eigenvalue weighted by Crippen LogP contribution is 2.16. The molecule has 0 amide bonds. The van der Waals surface area contributed by atoms with E-state index >= 15 is 0 Å². The van der Waals surface area contributed by atoms with Gasteiger partial charge >= 0.3 is 0 Å². The average molecular weight is 230 g/mol. The Balaban J connectivity index is 2.27. The van der Waals surface area contributed by atoms with Crippen LogP contribution < -0.4 is 0 Å². The zero-order valence-electron chi connectivity index (χ0n) is 10.3. The highest BCUT2D eigenvalue weighted by molar-refractivity contribution is 5.42. The fraction of sp³-hybridized carbons (Fsp3) is 0.357. The fourth-order valence-electron chi connectivity index (χ4n) is 1.87. The molecule has 0 bridgehead atoms. The van der Waals surface area contributed by atoms with E-state index in [-0.39, 0.29) is 6.61 Å². The number of hydrogen-bond donors (Lipinski definition) is 1. The van der Waals surface area contributed by atoms with Crippen LogP contribution in [-0.4, -0.2) is 21.5 Å². The number of benzene rings is 1. The molecule has 0 aliphatic carbocycles. The first-order valence-corrected chi connectivity index (χ1v) is 5.93. The molecule has 0 saturated heterocycles. The third-order valence-electron chi connectivity index (χ3n) is 2.87. The Labute approximate surface area is 102 Å². The van der Waals surface area contributed by atoms with Crippen molar-refractivity contribution in [2.75, 3.05) is 6.61 Å². The number of aliphatic hydroxyl groups is 1. The first-order chi connectivity index (χ1) is 8.20. The second kappa shape index (κ2) is 5.15. The van der Waals surface area contributed by atoms with Gasteiger partial charge in [0, 0.05) is 12.8 Å². The lowest BCUT2D eigenvalue weighted by atomic mass is 10.1. The molecule has 2 aromatic rings. The number of nitrogens with zero attached hydrogens (tertiary/aromatic N) is 2. The fourth-order valence-corrected chi connectivity index (χ4v) is 1.87. The van der Waals surface area contributed by atoms with E-state index in [1.165, 1.54) is 16.7 Å². The van der Waals surface area contributed by atoms with Gasteiger partial charge in [0.05, 0.1) is 11.9 Å². The van der Waals surface area contributed by atoms with Crippen LogP contribution in [0, 0.1) is 13.8 Å². The van der Waals surface area contributed by atoms with Crippen molar-refractivity contribution in [2.45, 2.75) is 26.7 Å². The van der Waals surface area contributed by atoms with E-state index in [0.29, 0.717) is 0 Å². The van der Waals surface area contributed by atoms with Crippen molar-refractivity contribution in [3.63, 3.8) is 0 Å². The van der Waals surface area contributed by atoms with E-state index in [2.05, 4.69) is 37.1 Å². The van der Waals surface area contributed by atoms with Crippen molar-refractivity contribution in [1.29, 1.82) is 0 Å². The maximum atomic E-state index is 8.80. The summed E-state index contributed by atoms with van der Waals surface area (Å²) in [6.07, 6.45) is 5.58. The summed E-state index contributed by atoms with van der Waals surface area (Å²) in [6, 6.07) is 6.35. The monoisotopic (exact) mass is 230 g/mol. The second-order valence-electron chi connectivity index (χ2n) is 4.41. The summed E-state index contributed by atoms with van der Waals surface area (Å²) in [5.41, 5.74) is 4.74. The summed E-state index contributed by atoms with van der Waals surface area (Å²) in [7, 11) is 0. The highest BCUT2D eigenvalue weighted by atomic mass is 16.2. The molecule has 2 rings (SSSR count). The molecule has 0 aliphatic heterocycles. The van der Waals surface area contributed by atoms with E-state index in [4.69, 9.17) is 5.11 Å². The quantitative estimate of drug-likeness (QED) is 0.876. The van der Waals surface area contributed by atoms with Crippen LogP contribution in [-0.2, 0) is 6.42 Å². The molecular weight excluding hydrogens is 212 g/mol. The van der Waals surface area contributed by atoms with Crippen LogP contribution in [0.1, 0.15) is 23.1 Å². The SMILES string of the molecule is Cc1ccc(C)c(-n2cc(CCCO)cn2)c1. The van der Waals surface area contributed by atoms with Crippen molar-refractivity contribution in [1.82, 2.24) is 9.78 Å². The number of rotatable bonds is 4. The van der Waals surface area contributed by atoms with Gasteiger partial charge in [-0.2, -0.15) is 5.10 Å². The lowest BCUT2D eigenvalue weighted by molar-refractivity contribution is 0.288. The molecule has 17 heavy (non-hydrogen) atoms. The van der Waals surface area contributed by atoms with E-state index in [0.717, 1.165) is 18.5 Å². The van der Waals surface area contributed by atoms with Gasteiger partial charge in [-0.15, -0.1) is 0 Å². The van der Waals surface area contributed by atoms with Crippen molar-refractivity contribution < 1.29 is 5.11 Å². The second-order valence-corrected chi connectivity index (χ2v) is 4.41. The minimum absolute atomic E-state index is 0.231. The molecule has 0 spiro atoms. The van der Waals surface area contributed by atoms with Crippen LogP contribution in [0.2, 0.25) is 0 Å². The molecule has 3 nitrogen and oxygen atoms in total. The summed E-state index contributed by atoms with van der Waals surface area (Å²) in [6.45, 7) is 4.40. The first-order valence-electron chi connectivity index (χ1n) is 5.93. The minimum atomic E-state index is 0.231. The predicted molar refractivity (Wildman–Crippen MR) is 68.4 cm³/mol. The molecule has 0 radical (unpaired) electrons. The normalized spacial score (nSPS) is 10.8. The van der Waals surface area contributed by atoms with Crippen LogP contribution in [0.25, 0.3) is 5.69 Å². The van der Waals surface area contributed by atoms with Gasteiger partial charge in [-0.1, -0.05) is 12.1 Å². The molecule has 1 aromatic carbocycles. The van der Waals surface area contributed by atoms with Gasteiger partial charge in [-0.05, 0) is 49.4 Å². The molecule has 0 atom stereocenters. The third-order valence-corrected chi connectivity index (χ3v) is 2.87. The minimum Gasteiger partial charge on any atom is -0.396 e. The number of aromatic nitrogens is 2. The van der Waals surface area contributed by atoms with Crippen LogP contribution >= 0.6 is 0 Å². The van der Waals surface area contributed by atoms with E-state index in [1.807, 2.05) is 17.1 Å². The van der Waals surface area contributed by atoms with Gasteiger partial charge in [-0.3, -0.25) is 0 Å². The zero-order chi connectivity index (χ0) is 12.3. The average Bonchev–Trinajstić information content (AvgIpc) is 2.78. The largest absolute Gasteiger partial charge is 0.396 e. The zero-order valence-corrected chi connectivity index (χ0v) is 10.3. The Morgan fingerprint density at radius 1 is 1.29 bits per heavy atom. The topological polar surface area (TPSA) is 38.0 Å². The summed E-state index contributed by atoms with van der Waals surface area (Å²) >= 11 is 0. The maximum absolute atomic E-state index is 8.80. The Hall–Kier alpha value is -1.61. The summed E-state index contributed by atoms with van der Waals surface area (Å²) < 4.78 is 1.91. The maximum Gasteiger partial charge on any atom is 0.0677 e. The van der Waals surface area contributed by atoms with Crippen molar-refractivity contribution >= 4 is 0 Å². The number of hydrogen-bond acceptors (Lipinski definition) is 2. The van der Waals surface area contributed by atoms with E-state index in [9.17, 15) is 0 Å². The molecule has 0 aliphatic rings. The van der Waals surface area contributed by atoms with Gasteiger partial charge in [0.2, 0.25) is 0 Å². The Morgan fingerprint density at radius 3 is 2.88 bits per heavy atom. The number of aryl methyl sites for hydroxylation is 3. The van der Waals surface area contributed by atoms with Crippen molar-refractivity contribution in [3.8, 4) is 5.69 Å². The highest BCUT2D eigenvalue weighted by Gasteiger charge is 2.04. The smallest absolute Gasteiger partial charge is 0.0677 e. The van der Waals surface area contributed by atoms with Crippen LogP contribution in [0.5, 0.6) is 0 Å². The molecule has 90 valence electrons. The van der Waals surface area contributed by atoms with Gasteiger partial charge in [-0.25, -0.2) is 4.68 Å². The lowest BCUT2D eigenvalue weighted by Crippen LogP contribution is -1.97. The molecule has 3 heteroatoms. The third kappa shape index (κ3) is 2.74. The van der Waals surface area contributed by atoms with Crippen LogP contribution in [0.4, 0.5) is 0 Å². The summed E-state index contributed by atoms with van der Waals surface area (Å²) in [5, 5.41) is 13.2. The Morgan fingerprint density at radius 2 is 2.12 bits per heavy atom. The van der Waals surface area contributed by atoms with Gasteiger partial charge in [0.25, 0.3) is 0 Å². The van der Waals surface area contributed by atoms with Gasteiger partial charge in [0.15, 0.2) is 0 Å². The lowest BCUT2D eigenvalue weighted by Gasteiger charge is -2.06. The van der Waals surface area contributed by atoms with E-state index in [1.54, 1.807) is 0 Å². The molecule has 1 N–H and O–H groups in total. The molecule has 0 saturated carbocycles. The first kappa shape index (κ1) is 11.9.